The number of alkyl halides is 1. The molecule has 0 aromatic heterocycles. The van der Waals surface area contributed by atoms with Gasteiger partial charge in [0.25, 0.3) is 0 Å². The fourth-order valence-corrected chi connectivity index (χ4v) is 1.14. The zero-order valence-electron chi connectivity index (χ0n) is 7.43. The highest BCUT2D eigenvalue weighted by Gasteiger charge is 2.15. The third-order valence-electron chi connectivity index (χ3n) is 1.52. The predicted molar refractivity (Wildman–Crippen MR) is 47.9 cm³/mol. The molecule has 1 amide bonds. The summed E-state index contributed by atoms with van der Waals surface area (Å²) in [4.78, 5) is 12.7. The van der Waals surface area contributed by atoms with E-state index in [2.05, 4.69) is 6.92 Å². The Balaban J connectivity index is 3.64. The van der Waals surface area contributed by atoms with Crippen LogP contribution in [-0.4, -0.2) is 30.3 Å². The lowest BCUT2D eigenvalue weighted by molar-refractivity contribution is -0.128. The highest BCUT2D eigenvalue weighted by Crippen LogP contribution is 2.09. The number of rotatable bonds is 4. The Bertz CT molecular complexity index is 125. The zero-order valence-corrected chi connectivity index (χ0v) is 8.19. The number of hydrogen-bond acceptors (Lipinski definition) is 1. The summed E-state index contributed by atoms with van der Waals surface area (Å²) in [6.45, 7) is 2.09. The Morgan fingerprint density at radius 3 is 2.45 bits per heavy atom. The van der Waals surface area contributed by atoms with Gasteiger partial charge in [0.05, 0.1) is 0 Å². The van der Waals surface area contributed by atoms with Crippen LogP contribution in [0.2, 0.25) is 0 Å². The van der Waals surface area contributed by atoms with Crippen molar-refractivity contribution >= 4 is 17.5 Å². The van der Waals surface area contributed by atoms with Crippen molar-refractivity contribution < 1.29 is 4.79 Å². The first-order valence-corrected chi connectivity index (χ1v) is 4.38. The number of amides is 1. The van der Waals surface area contributed by atoms with Crippen LogP contribution in [0.25, 0.3) is 0 Å². The Labute approximate surface area is 73.5 Å². The first kappa shape index (κ1) is 10.8. The van der Waals surface area contributed by atoms with Crippen LogP contribution >= 0.6 is 11.6 Å². The van der Waals surface area contributed by atoms with Crippen molar-refractivity contribution in [3.63, 3.8) is 0 Å². The molecule has 0 spiro atoms. The van der Waals surface area contributed by atoms with Crippen molar-refractivity contribution in [3.8, 4) is 0 Å². The number of carbonyl (C=O) groups is 1. The molecule has 0 aliphatic rings. The van der Waals surface area contributed by atoms with E-state index in [-0.39, 0.29) is 11.3 Å². The summed E-state index contributed by atoms with van der Waals surface area (Å²) in [7, 11) is 3.45. The van der Waals surface area contributed by atoms with Gasteiger partial charge in [-0.05, 0) is 6.42 Å². The largest absolute Gasteiger partial charge is 0.348 e. The fourth-order valence-electron chi connectivity index (χ4n) is 0.787. The highest BCUT2D eigenvalue weighted by molar-refractivity contribution is 6.30. The summed E-state index contributed by atoms with van der Waals surface area (Å²) >= 11 is 5.81. The van der Waals surface area contributed by atoms with Crippen molar-refractivity contribution in [2.45, 2.75) is 31.6 Å². The Morgan fingerprint density at radius 1 is 1.55 bits per heavy atom. The average molecular weight is 178 g/mol. The summed E-state index contributed by atoms with van der Waals surface area (Å²) in [5, 5.41) is -0.329. The van der Waals surface area contributed by atoms with Crippen LogP contribution in [0.15, 0.2) is 0 Å². The first-order valence-electron chi connectivity index (χ1n) is 3.94. The zero-order chi connectivity index (χ0) is 8.85. The van der Waals surface area contributed by atoms with Crippen molar-refractivity contribution in [3.05, 3.63) is 0 Å². The minimum Gasteiger partial charge on any atom is -0.348 e. The lowest BCUT2D eigenvalue weighted by Crippen LogP contribution is -2.30. The van der Waals surface area contributed by atoms with E-state index >= 15 is 0 Å². The molecule has 0 heterocycles. The summed E-state index contributed by atoms with van der Waals surface area (Å²) in [6.07, 6.45) is 2.90. The smallest absolute Gasteiger partial charge is 0.240 e. The molecule has 0 aromatic rings. The van der Waals surface area contributed by atoms with E-state index in [1.807, 2.05) is 0 Å². The first-order chi connectivity index (χ1) is 5.09. The van der Waals surface area contributed by atoms with E-state index in [0.717, 1.165) is 19.3 Å². The number of nitrogens with zero attached hydrogens (tertiary/aromatic N) is 1. The number of unbranched alkanes of at least 4 members (excludes halogenated alkanes) is 1. The standard InChI is InChI=1S/C8H16ClNO/c1-4-5-6-7(9)8(11)10(2)3/h7H,4-6H2,1-3H3. The normalized spacial score (nSPS) is 12.7. The van der Waals surface area contributed by atoms with E-state index < -0.39 is 0 Å². The van der Waals surface area contributed by atoms with Crippen molar-refractivity contribution in [2.24, 2.45) is 0 Å². The van der Waals surface area contributed by atoms with Crippen molar-refractivity contribution in [1.82, 2.24) is 4.90 Å². The van der Waals surface area contributed by atoms with Gasteiger partial charge < -0.3 is 4.90 Å². The van der Waals surface area contributed by atoms with Gasteiger partial charge in [-0.1, -0.05) is 19.8 Å². The highest BCUT2D eigenvalue weighted by atomic mass is 35.5. The molecule has 0 rings (SSSR count). The predicted octanol–water partition coefficient (Wildman–Crippen LogP) is 1.87. The molecule has 2 nitrogen and oxygen atoms in total. The molecule has 0 bridgehead atoms. The van der Waals surface area contributed by atoms with E-state index in [1.165, 1.54) is 4.90 Å². The summed E-state index contributed by atoms with van der Waals surface area (Å²) < 4.78 is 0. The van der Waals surface area contributed by atoms with Crippen LogP contribution in [-0.2, 0) is 4.79 Å². The van der Waals surface area contributed by atoms with E-state index in [0.29, 0.717) is 0 Å². The van der Waals surface area contributed by atoms with Gasteiger partial charge in [-0.15, -0.1) is 11.6 Å². The maximum absolute atomic E-state index is 11.1. The van der Waals surface area contributed by atoms with Crippen molar-refractivity contribution in [1.29, 1.82) is 0 Å². The van der Waals surface area contributed by atoms with Crippen LogP contribution < -0.4 is 0 Å². The number of carbonyl (C=O) groups excluding carboxylic acids is 1. The minimum atomic E-state index is -0.329. The molecule has 0 saturated carbocycles. The SMILES string of the molecule is CCCCC(Cl)C(=O)N(C)C. The van der Waals surface area contributed by atoms with Gasteiger partial charge in [0.15, 0.2) is 0 Å². The van der Waals surface area contributed by atoms with Gasteiger partial charge >= 0.3 is 0 Å². The fraction of sp³-hybridized carbons (Fsp3) is 0.875. The maximum Gasteiger partial charge on any atom is 0.240 e. The van der Waals surface area contributed by atoms with E-state index in [1.54, 1.807) is 14.1 Å². The maximum atomic E-state index is 11.1. The molecule has 3 heteroatoms. The molecule has 0 N–H and O–H groups in total. The third kappa shape index (κ3) is 4.25. The van der Waals surface area contributed by atoms with Crippen molar-refractivity contribution in [2.75, 3.05) is 14.1 Å². The Kier molecular flexibility index (Phi) is 5.30. The second kappa shape index (κ2) is 5.42. The summed E-state index contributed by atoms with van der Waals surface area (Å²) in [6, 6.07) is 0. The molecule has 66 valence electrons. The molecule has 0 radical (unpaired) electrons. The Hall–Kier alpha value is -0.240. The van der Waals surface area contributed by atoms with Gasteiger partial charge in [0, 0.05) is 14.1 Å². The second-order valence-electron chi connectivity index (χ2n) is 2.84. The molecule has 11 heavy (non-hydrogen) atoms. The molecular weight excluding hydrogens is 162 g/mol. The Morgan fingerprint density at radius 2 is 2.09 bits per heavy atom. The summed E-state index contributed by atoms with van der Waals surface area (Å²) in [5.41, 5.74) is 0. The number of halogens is 1. The molecule has 1 unspecified atom stereocenters. The van der Waals surface area contributed by atoms with E-state index in [9.17, 15) is 4.79 Å². The van der Waals surface area contributed by atoms with Crippen LogP contribution in [0.5, 0.6) is 0 Å². The third-order valence-corrected chi connectivity index (χ3v) is 1.92. The topological polar surface area (TPSA) is 20.3 Å². The van der Waals surface area contributed by atoms with Gasteiger partial charge in [-0.25, -0.2) is 0 Å². The number of hydrogen-bond donors (Lipinski definition) is 0. The molecule has 0 aliphatic heterocycles. The van der Waals surface area contributed by atoms with Gasteiger partial charge in [-0.3, -0.25) is 4.79 Å². The molecule has 1 atom stereocenters. The lowest BCUT2D eigenvalue weighted by Gasteiger charge is -2.14. The second-order valence-corrected chi connectivity index (χ2v) is 3.37. The molecular formula is C8H16ClNO. The van der Waals surface area contributed by atoms with Crippen LogP contribution in [0.3, 0.4) is 0 Å². The van der Waals surface area contributed by atoms with E-state index in [4.69, 9.17) is 11.6 Å². The molecule has 0 aliphatic carbocycles. The monoisotopic (exact) mass is 177 g/mol. The quantitative estimate of drug-likeness (QED) is 0.601. The molecule has 0 fully saturated rings. The van der Waals surface area contributed by atoms with Gasteiger partial charge in [-0.2, -0.15) is 0 Å². The molecule has 0 aromatic carbocycles. The average Bonchev–Trinajstić information content (AvgIpc) is 1.98. The van der Waals surface area contributed by atoms with Crippen LogP contribution in [0, 0.1) is 0 Å². The lowest BCUT2D eigenvalue weighted by atomic mass is 10.2. The van der Waals surface area contributed by atoms with Gasteiger partial charge in [0.2, 0.25) is 5.91 Å². The van der Waals surface area contributed by atoms with Crippen LogP contribution in [0.1, 0.15) is 26.2 Å². The van der Waals surface area contributed by atoms with Crippen LogP contribution in [0.4, 0.5) is 0 Å². The summed E-state index contributed by atoms with van der Waals surface area (Å²) in [5.74, 6) is 0.0140. The molecule has 0 saturated heterocycles. The van der Waals surface area contributed by atoms with Gasteiger partial charge in [0.1, 0.15) is 5.38 Å². The minimum absolute atomic E-state index is 0.0140.